The molecular formula is C16H27N3O2S. The van der Waals surface area contributed by atoms with E-state index in [4.69, 9.17) is 0 Å². The van der Waals surface area contributed by atoms with Gasteiger partial charge in [0.2, 0.25) is 10.0 Å². The molecule has 6 heteroatoms. The molecule has 0 spiro atoms. The summed E-state index contributed by atoms with van der Waals surface area (Å²) >= 11 is 0. The first-order chi connectivity index (χ1) is 10.4. The molecule has 1 aromatic carbocycles. The molecule has 1 saturated heterocycles. The Hall–Kier alpha value is -1.27. The smallest absolute Gasteiger partial charge is 0.229 e. The molecule has 2 rings (SSSR count). The van der Waals surface area contributed by atoms with Crippen LogP contribution in [-0.4, -0.2) is 51.8 Å². The number of sulfonamides is 1. The maximum absolute atomic E-state index is 11.2. The third kappa shape index (κ3) is 4.61. The molecule has 22 heavy (non-hydrogen) atoms. The van der Waals surface area contributed by atoms with Gasteiger partial charge < -0.3 is 9.80 Å². The van der Waals surface area contributed by atoms with E-state index in [1.54, 1.807) is 0 Å². The van der Waals surface area contributed by atoms with Crippen LogP contribution >= 0.6 is 0 Å². The summed E-state index contributed by atoms with van der Waals surface area (Å²) in [7, 11) is -3.21. The molecule has 1 heterocycles. The van der Waals surface area contributed by atoms with Crippen LogP contribution in [0.1, 0.15) is 26.7 Å². The minimum absolute atomic E-state index is 0.615. The Morgan fingerprint density at radius 1 is 1.14 bits per heavy atom. The molecule has 0 amide bonds. The summed E-state index contributed by atoms with van der Waals surface area (Å²) in [6.45, 7) is 8.80. The van der Waals surface area contributed by atoms with Gasteiger partial charge in [-0.05, 0) is 50.2 Å². The molecule has 0 aliphatic carbocycles. The number of piperidine rings is 1. The lowest BCUT2D eigenvalue weighted by molar-refractivity contribution is 0.186. The van der Waals surface area contributed by atoms with Crippen molar-refractivity contribution in [2.24, 2.45) is 0 Å². The number of hydrogen-bond donors (Lipinski definition) is 1. The Morgan fingerprint density at radius 3 is 2.14 bits per heavy atom. The van der Waals surface area contributed by atoms with Gasteiger partial charge in [0.1, 0.15) is 0 Å². The number of rotatable bonds is 6. The maximum Gasteiger partial charge on any atom is 0.229 e. The van der Waals surface area contributed by atoms with Gasteiger partial charge in [-0.15, -0.1) is 0 Å². The Labute approximate surface area is 134 Å². The lowest BCUT2D eigenvalue weighted by atomic mass is 10.0. The van der Waals surface area contributed by atoms with Crippen LogP contribution in [0.15, 0.2) is 24.3 Å². The van der Waals surface area contributed by atoms with Crippen molar-refractivity contribution in [1.82, 2.24) is 4.90 Å². The van der Waals surface area contributed by atoms with Crippen molar-refractivity contribution in [3.05, 3.63) is 24.3 Å². The first-order valence-electron chi connectivity index (χ1n) is 7.99. The highest BCUT2D eigenvalue weighted by Crippen LogP contribution is 2.24. The predicted molar refractivity (Wildman–Crippen MR) is 93.1 cm³/mol. The Bertz CT molecular complexity index is 560. The topological polar surface area (TPSA) is 52.6 Å². The average Bonchev–Trinajstić information content (AvgIpc) is 2.48. The minimum atomic E-state index is -3.21. The maximum atomic E-state index is 11.2. The molecule has 124 valence electrons. The number of hydrogen-bond acceptors (Lipinski definition) is 4. The van der Waals surface area contributed by atoms with E-state index in [2.05, 4.69) is 28.4 Å². The molecule has 1 aromatic rings. The first-order valence-corrected chi connectivity index (χ1v) is 9.89. The molecular weight excluding hydrogens is 298 g/mol. The standard InChI is InChI=1S/C16H27N3O2S/c1-4-18(5-2)16-10-12-19(13-11-16)15-8-6-14(7-9-15)17-22(3,20)21/h6-9,16-17H,4-5,10-13H2,1-3H3. The SMILES string of the molecule is CCN(CC)C1CCN(c2ccc(NS(C)(=O)=O)cc2)CC1. The van der Waals surface area contributed by atoms with Crippen LogP contribution in [0.4, 0.5) is 11.4 Å². The van der Waals surface area contributed by atoms with Crippen LogP contribution in [0.2, 0.25) is 0 Å². The lowest BCUT2D eigenvalue weighted by Gasteiger charge is -2.38. The van der Waals surface area contributed by atoms with Gasteiger partial charge in [0.25, 0.3) is 0 Å². The van der Waals surface area contributed by atoms with Crippen LogP contribution in [0, 0.1) is 0 Å². The molecule has 1 aliphatic heterocycles. The summed E-state index contributed by atoms with van der Waals surface area (Å²) in [5.74, 6) is 0. The summed E-state index contributed by atoms with van der Waals surface area (Å²) in [5, 5.41) is 0. The van der Waals surface area contributed by atoms with Crippen molar-refractivity contribution in [1.29, 1.82) is 0 Å². The zero-order valence-electron chi connectivity index (χ0n) is 13.7. The molecule has 0 radical (unpaired) electrons. The van der Waals surface area contributed by atoms with Crippen molar-refractivity contribution >= 4 is 21.4 Å². The Morgan fingerprint density at radius 2 is 1.68 bits per heavy atom. The average molecular weight is 325 g/mol. The fourth-order valence-electron chi connectivity index (χ4n) is 3.18. The van der Waals surface area contributed by atoms with E-state index in [-0.39, 0.29) is 0 Å². The molecule has 0 bridgehead atoms. The second-order valence-electron chi connectivity index (χ2n) is 5.86. The highest BCUT2D eigenvalue weighted by Gasteiger charge is 2.22. The summed E-state index contributed by atoms with van der Waals surface area (Å²) in [6.07, 6.45) is 3.54. The summed E-state index contributed by atoms with van der Waals surface area (Å²) < 4.78 is 24.9. The van der Waals surface area contributed by atoms with Crippen LogP contribution in [0.5, 0.6) is 0 Å². The van der Waals surface area contributed by atoms with Gasteiger partial charge >= 0.3 is 0 Å². The Balaban J connectivity index is 1.94. The minimum Gasteiger partial charge on any atom is -0.371 e. The van der Waals surface area contributed by atoms with E-state index in [0.29, 0.717) is 11.7 Å². The van der Waals surface area contributed by atoms with Crippen LogP contribution in [0.3, 0.4) is 0 Å². The molecule has 0 saturated carbocycles. The lowest BCUT2D eigenvalue weighted by Crippen LogP contribution is -2.44. The number of nitrogens with zero attached hydrogens (tertiary/aromatic N) is 2. The van der Waals surface area contributed by atoms with Gasteiger partial charge in [-0.2, -0.15) is 0 Å². The monoisotopic (exact) mass is 325 g/mol. The van der Waals surface area contributed by atoms with Crippen LogP contribution in [0.25, 0.3) is 0 Å². The molecule has 1 N–H and O–H groups in total. The van der Waals surface area contributed by atoms with Gasteiger partial charge in [0, 0.05) is 30.5 Å². The van der Waals surface area contributed by atoms with Gasteiger partial charge in [0.15, 0.2) is 0 Å². The predicted octanol–water partition coefficient (Wildman–Crippen LogP) is 2.37. The third-order valence-corrected chi connectivity index (χ3v) is 4.94. The normalized spacial score (nSPS) is 17.0. The van der Waals surface area contributed by atoms with E-state index >= 15 is 0 Å². The summed E-state index contributed by atoms with van der Waals surface area (Å²) in [4.78, 5) is 4.92. The van der Waals surface area contributed by atoms with E-state index < -0.39 is 10.0 Å². The Kier molecular flexibility index (Phi) is 5.69. The highest BCUT2D eigenvalue weighted by atomic mass is 32.2. The van der Waals surface area contributed by atoms with Crippen molar-refractivity contribution in [2.75, 3.05) is 42.1 Å². The fraction of sp³-hybridized carbons (Fsp3) is 0.625. The molecule has 0 unspecified atom stereocenters. The first kappa shape index (κ1) is 17.1. The van der Waals surface area contributed by atoms with Crippen molar-refractivity contribution in [3.63, 3.8) is 0 Å². The molecule has 0 atom stereocenters. The molecule has 1 aliphatic rings. The zero-order valence-corrected chi connectivity index (χ0v) is 14.6. The largest absolute Gasteiger partial charge is 0.371 e. The second-order valence-corrected chi connectivity index (χ2v) is 7.61. The highest BCUT2D eigenvalue weighted by molar-refractivity contribution is 7.92. The number of benzene rings is 1. The molecule has 0 aromatic heterocycles. The number of nitrogens with one attached hydrogen (secondary N) is 1. The summed E-state index contributed by atoms with van der Waals surface area (Å²) in [5.41, 5.74) is 1.78. The van der Waals surface area contributed by atoms with Gasteiger partial charge in [-0.25, -0.2) is 8.42 Å². The summed E-state index contributed by atoms with van der Waals surface area (Å²) in [6, 6.07) is 8.33. The number of anilines is 2. The van der Waals surface area contributed by atoms with Crippen molar-refractivity contribution in [2.45, 2.75) is 32.7 Å². The molecule has 5 nitrogen and oxygen atoms in total. The van der Waals surface area contributed by atoms with E-state index in [0.717, 1.165) is 31.9 Å². The van der Waals surface area contributed by atoms with E-state index in [1.807, 2.05) is 24.3 Å². The molecule has 1 fully saturated rings. The van der Waals surface area contributed by atoms with Crippen LogP contribution in [-0.2, 0) is 10.0 Å². The van der Waals surface area contributed by atoms with E-state index in [1.165, 1.54) is 19.1 Å². The fourth-order valence-corrected chi connectivity index (χ4v) is 3.75. The van der Waals surface area contributed by atoms with Gasteiger partial charge in [0.05, 0.1) is 6.26 Å². The third-order valence-electron chi connectivity index (χ3n) is 4.33. The van der Waals surface area contributed by atoms with Gasteiger partial charge in [-0.3, -0.25) is 4.72 Å². The second kappa shape index (κ2) is 7.33. The van der Waals surface area contributed by atoms with Crippen molar-refractivity contribution in [3.8, 4) is 0 Å². The van der Waals surface area contributed by atoms with Gasteiger partial charge in [-0.1, -0.05) is 13.8 Å². The van der Waals surface area contributed by atoms with E-state index in [9.17, 15) is 8.42 Å². The van der Waals surface area contributed by atoms with Crippen molar-refractivity contribution < 1.29 is 8.42 Å². The zero-order chi connectivity index (χ0) is 16.2. The quantitative estimate of drug-likeness (QED) is 0.872. The van der Waals surface area contributed by atoms with Crippen LogP contribution < -0.4 is 9.62 Å².